The molecular formula is C9H11IN2O. The maximum Gasteiger partial charge on any atom is 0.143 e. The molecule has 0 spiro atoms. The summed E-state index contributed by atoms with van der Waals surface area (Å²) in [6.07, 6.45) is 4.54. The van der Waals surface area contributed by atoms with Crippen LogP contribution in [0.3, 0.4) is 0 Å². The van der Waals surface area contributed by atoms with Crippen molar-refractivity contribution in [2.45, 2.75) is 25.5 Å². The van der Waals surface area contributed by atoms with Crippen molar-refractivity contribution < 1.29 is 4.74 Å². The molecule has 0 unspecified atom stereocenters. The van der Waals surface area contributed by atoms with Crippen LogP contribution < -0.4 is 10.5 Å². The fourth-order valence-electron chi connectivity index (χ4n) is 1.07. The first-order valence-electron chi connectivity index (χ1n) is 4.30. The fraction of sp³-hybridized carbons (Fsp3) is 0.444. The van der Waals surface area contributed by atoms with Crippen molar-refractivity contribution in [3.63, 3.8) is 0 Å². The van der Waals surface area contributed by atoms with Crippen molar-refractivity contribution in [1.29, 1.82) is 0 Å². The minimum absolute atomic E-state index is 0.408. The van der Waals surface area contributed by atoms with E-state index in [-0.39, 0.29) is 0 Å². The number of hydrogen-bond donors (Lipinski definition) is 1. The molecule has 0 aliphatic heterocycles. The van der Waals surface area contributed by atoms with Crippen LogP contribution in [0.15, 0.2) is 12.3 Å². The predicted molar refractivity (Wildman–Crippen MR) is 58.5 cm³/mol. The minimum Gasteiger partial charge on any atom is -0.488 e. The van der Waals surface area contributed by atoms with Crippen LogP contribution in [0, 0.1) is 3.57 Å². The van der Waals surface area contributed by atoms with E-state index in [1.54, 1.807) is 0 Å². The topological polar surface area (TPSA) is 48.1 Å². The highest BCUT2D eigenvalue weighted by Crippen LogP contribution is 2.29. The number of halogens is 1. The van der Waals surface area contributed by atoms with Gasteiger partial charge in [0.25, 0.3) is 0 Å². The molecular weight excluding hydrogens is 279 g/mol. The molecule has 1 aromatic rings. The molecule has 0 aromatic carbocycles. The Bertz CT molecular complexity index is 312. The molecule has 0 radical (unpaired) electrons. The Morgan fingerprint density at radius 2 is 2.38 bits per heavy atom. The second-order valence-corrected chi connectivity index (χ2v) is 4.37. The Balaban J connectivity index is 2.22. The second kappa shape index (κ2) is 3.79. The van der Waals surface area contributed by atoms with Gasteiger partial charge in [0.1, 0.15) is 5.75 Å². The lowest BCUT2D eigenvalue weighted by molar-refractivity contribution is 0.298. The molecule has 3 nitrogen and oxygen atoms in total. The lowest BCUT2D eigenvalue weighted by Gasteiger charge is -2.08. The van der Waals surface area contributed by atoms with E-state index in [0.29, 0.717) is 12.6 Å². The standard InChI is InChI=1S/C9H11IN2O/c10-6-3-9(13-7-1-2-7)8(4-11)12-5-6/h3,5,7H,1-2,4,11H2. The molecule has 13 heavy (non-hydrogen) atoms. The average Bonchev–Trinajstić information content (AvgIpc) is 2.89. The van der Waals surface area contributed by atoms with Crippen LogP contribution in [0.2, 0.25) is 0 Å². The quantitative estimate of drug-likeness (QED) is 0.862. The summed E-state index contributed by atoms with van der Waals surface area (Å²) in [7, 11) is 0. The van der Waals surface area contributed by atoms with Crippen molar-refractivity contribution in [3.05, 3.63) is 21.5 Å². The van der Waals surface area contributed by atoms with Gasteiger partial charge in [0, 0.05) is 16.3 Å². The molecule has 1 fully saturated rings. The second-order valence-electron chi connectivity index (χ2n) is 3.12. The molecule has 1 heterocycles. The third-order valence-corrected chi connectivity index (χ3v) is 2.50. The molecule has 4 heteroatoms. The molecule has 1 saturated carbocycles. The summed E-state index contributed by atoms with van der Waals surface area (Å²) in [5.74, 6) is 0.858. The van der Waals surface area contributed by atoms with Gasteiger partial charge < -0.3 is 10.5 Å². The molecule has 1 aliphatic rings. The number of nitrogens with two attached hydrogens (primary N) is 1. The lowest BCUT2D eigenvalue weighted by atomic mass is 10.3. The van der Waals surface area contributed by atoms with Gasteiger partial charge in [0.15, 0.2) is 0 Å². The van der Waals surface area contributed by atoms with Gasteiger partial charge in [0.05, 0.1) is 11.8 Å². The summed E-state index contributed by atoms with van der Waals surface area (Å²) in [5, 5.41) is 0. The van der Waals surface area contributed by atoms with Gasteiger partial charge in [-0.3, -0.25) is 4.98 Å². The van der Waals surface area contributed by atoms with Crippen LogP contribution in [-0.4, -0.2) is 11.1 Å². The zero-order valence-corrected chi connectivity index (χ0v) is 9.32. The molecule has 2 rings (SSSR count). The van der Waals surface area contributed by atoms with Crippen molar-refractivity contribution in [2.24, 2.45) is 5.73 Å². The molecule has 1 aliphatic carbocycles. The van der Waals surface area contributed by atoms with E-state index in [1.807, 2.05) is 12.3 Å². The number of hydrogen-bond acceptors (Lipinski definition) is 3. The summed E-state index contributed by atoms with van der Waals surface area (Å²) in [5.41, 5.74) is 6.41. The van der Waals surface area contributed by atoms with Gasteiger partial charge >= 0.3 is 0 Å². The highest BCUT2D eigenvalue weighted by atomic mass is 127. The number of nitrogens with zero attached hydrogens (tertiary/aromatic N) is 1. The average molecular weight is 290 g/mol. The Kier molecular flexibility index (Phi) is 2.69. The van der Waals surface area contributed by atoms with Crippen molar-refractivity contribution in [3.8, 4) is 5.75 Å². The van der Waals surface area contributed by atoms with Crippen LogP contribution in [-0.2, 0) is 6.54 Å². The van der Waals surface area contributed by atoms with E-state index in [9.17, 15) is 0 Å². The maximum atomic E-state index is 5.68. The molecule has 2 N–H and O–H groups in total. The van der Waals surface area contributed by atoms with E-state index in [0.717, 1.165) is 27.9 Å². The SMILES string of the molecule is NCc1ncc(I)cc1OC1CC1. The summed E-state index contributed by atoms with van der Waals surface area (Å²) in [6, 6.07) is 1.99. The number of pyridine rings is 1. The van der Waals surface area contributed by atoms with Crippen LogP contribution in [0.5, 0.6) is 5.75 Å². The highest BCUT2D eigenvalue weighted by molar-refractivity contribution is 14.1. The molecule has 70 valence electrons. The van der Waals surface area contributed by atoms with Crippen LogP contribution in [0.25, 0.3) is 0 Å². The zero-order chi connectivity index (χ0) is 9.26. The summed E-state index contributed by atoms with van der Waals surface area (Å²) >= 11 is 2.22. The van der Waals surface area contributed by atoms with Crippen molar-refractivity contribution >= 4 is 22.6 Å². The normalized spacial score (nSPS) is 15.8. The molecule has 0 atom stereocenters. The van der Waals surface area contributed by atoms with Gasteiger partial charge in [-0.25, -0.2) is 0 Å². The van der Waals surface area contributed by atoms with Gasteiger partial charge in [-0.2, -0.15) is 0 Å². The third-order valence-electron chi connectivity index (χ3n) is 1.91. The Labute approximate surface area is 90.8 Å². The van der Waals surface area contributed by atoms with Gasteiger partial charge in [0.2, 0.25) is 0 Å². The van der Waals surface area contributed by atoms with Gasteiger partial charge in [-0.05, 0) is 41.5 Å². The van der Waals surface area contributed by atoms with E-state index < -0.39 is 0 Å². The van der Waals surface area contributed by atoms with Crippen molar-refractivity contribution in [1.82, 2.24) is 4.98 Å². The number of rotatable bonds is 3. The van der Waals surface area contributed by atoms with E-state index in [2.05, 4.69) is 27.6 Å². The number of ether oxygens (including phenoxy) is 1. The maximum absolute atomic E-state index is 5.68. The largest absolute Gasteiger partial charge is 0.488 e. The summed E-state index contributed by atoms with van der Waals surface area (Å²) in [4.78, 5) is 4.22. The predicted octanol–water partition coefficient (Wildman–Crippen LogP) is 1.69. The van der Waals surface area contributed by atoms with Gasteiger partial charge in [-0.1, -0.05) is 0 Å². The smallest absolute Gasteiger partial charge is 0.143 e. The summed E-state index contributed by atoms with van der Waals surface area (Å²) in [6.45, 7) is 0.443. The van der Waals surface area contributed by atoms with Crippen LogP contribution >= 0.6 is 22.6 Å². The first kappa shape index (κ1) is 9.21. The Morgan fingerprint density at radius 1 is 1.62 bits per heavy atom. The molecule has 0 bridgehead atoms. The van der Waals surface area contributed by atoms with Crippen molar-refractivity contribution in [2.75, 3.05) is 0 Å². The highest BCUT2D eigenvalue weighted by Gasteiger charge is 2.24. The fourth-order valence-corrected chi connectivity index (χ4v) is 1.49. The first-order valence-corrected chi connectivity index (χ1v) is 5.38. The van der Waals surface area contributed by atoms with E-state index in [4.69, 9.17) is 10.5 Å². The third kappa shape index (κ3) is 2.31. The lowest BCUT2D eigenvalue weighted by Crippen LogP contribution is -2.06. The minimum atomic E-state index is 0.408. The van der Waals surface area contributed by atoms with Crippen LogP contribution in [0.1, 0.15) is 18.5 Å². The Hall–Kier alpha value is -0.360. The molecule has 0 saturated heterocycles. The first-order chi connectivity index (χ1) is 6.29. The Morgan fingerprint density at radius 3 is 3.00 bits per heavy atom. The number of aromatic nitrogens is 1. The van der Waals surface area contributed by atoms with E-state index >= 15 is 0 Å². The van der Waals surface area contributed by atoms with E-state index in [1.165, 1.54) is 0 Å². The van der Waals surface area contributed by atoms with Gasteiger partial charge in [-0.15, -0.1) is 0 Å². The zero-order valence-electron chi connectivity index (χ0n) is 7.16. The van der Waals surface area contributed by atoms with Crippen LogP contribution in [0.4, 0.5) is 0 Å². The molecule has 1 aromatic heterocycles. The summed E-state index contributed by atoms with van der Waals surface area (Å²) < 4.78 is 6.77. The monoisotopic (exact) mass is 290 g/mol. The molecule has 0 amide bonds.